The van der Waals surface area contributed by atoms with Crippen LogP contribution >= 0.6 is 11.3 Å². The molecule has 0 saturated carbocycles. The van der Waals surface area contributed by atoms with Gasteiger partial charge in [-0.25, -0.2) is 4.98 Å². The second-order valence-corrected chi connectivity index (χ2v) is 6.75. The average molecular weight is 328 g/mol. The summed E-state index contributed by atoms with van der Waals surface area (Å²) in [5, 5.41) is 2.13. The van der Waals surface area contributed by atoms with Crippen molar-refractivity contribution in [2.75, 3.05) is 26.3 Å². The first-order valence-corrected chi connectivity index (χ1v) is 8.90. The molecule has 3 aromatic heterocycles. The van der Waals surface area contributed by atoms with Gasteiger partial charge in [-0.15, -0.1) is 11.3 Å². The van der Waals surface area contributed by atoms with E-state index in [1.54, 1.807) is 11.3 Å². The monoisotopic (exact) mass is 328 g/mol. The van der Waals surface area contributed by atoms with E-state index < -0.39 is 0 Å². The zero-order valence-corrected chi connectivity index (χ0v) is 13.8. The summed E-state index contributed by atoms with van der Waals surface area (Å²) in [7, 11) is 0. The van der Waals surface area contributed by atoms with Gasteiger partial charge in [0.25, 0.3) is 0 Å². The smallest absolute Gasteiger partial charge is 0.0795 e. The molecular formula is C17H20N4OS. The van der Waals surface area contributed by atoms with Gasteiger partial charge in [0, 0.05) is 49.5 Å². The fourth-order valence-electron chi connectivity index (χ4n) is 3.23. The van der Waals surface area contributed by atoms with Gasteiger partial charge >= 0.3 is 0 Å². The van der Waals surface area contributed by atoms with Crippen molar-refractivity contribution in [2.45, 2.75) is 13.0 Å². The topological polar surface area (TPSA) is 42.7 Å². The molecule has 1 saturated heterocycles. The fraction of sp³-hybridized carbons (Fsp3) is 0.412. The van der Waals surface area contributed by atoms with Gasteiger partial charge in [-0.1, -0.05) is 0 Å². The molecule has 0 N–H and O–H groups in total. The second kappa shape index (κ2) is 6.78. The fourth-order valence-corrected chi connectivity index (χ4v) is 3.77. The molecule has 1 aliphatic heterocycles. The Hall–Kier alpha value is -1.76. The molecule has 4 heterocycles. The van der Waals surface area contributed by atoms with Crippen molar-refractivity contribution in [1.29, 1.82) is 0 Å². The zero-order valence-electron chi connectivity index (χ0n) is 13.0. The van der Waals surface area contributed by atoms with Gasteiger partial charge in [0.15, 0.2) is 0 Å². The van der Waals surface area contributed by atoms with Crippen LogP contribution in [0.15, 0.2) is 41.6 Å². The van der Waals surface area contributed by atoms with Crippen LogP contribution in [0.4, 0.5) is 0 Å². The lowest BCUT2D eigenvalue weighted by molar-refractivity contribution is 0.121. The second-order valence-electron chi connectivity index (χ2n) is 6.03. The number of ether oxygens (including phenoxy) is 1. The van der Waals surface area contributed by atoms with Crippen LogP contribution in [0, 0.1) is 5.92 Å². The molecule has 6 heteroatoms. The van der Waals surface area contributed by atoms with Gasteiger partial charge in [-0.3, -0.25) is 9.88 Å². The molecule has 3 aromatic rings. The molecule has 0 aromatic carbocycles. The van der Waals surface area contributed by atoms with E-state index in [4.69, 9.17) is 4.74 Å². The van der Waals surface area contributed by atoms with Crippen molar-refractivity contribution in [1.82, 2.24) is 19.3 Å². The van der Waals surface area contributed by atoms with E-state index >= 15 is 0 Å². The molecule has 120 valence electrons. The summed E-state index contributed by atoms with van der Waals surface area (Å²) >= 11 is 1.66. The number of aromatic nitrogens is 3. The molecule has 0 amide bonds. The van der Waals surface area contributed by atoms with Gasteiger partial charge in [-0.05, 0) is 18.6 Å². The predicted octanol–water partition coefficient (Wildman–Crippen LogP) is 2.48. The van der Waals surface area contributed by atoms with Crippen LogP contribution in [0.25, 0.3) is 5.52 Å². The lowest BCUT2D eigenvalue weighted by Crippen LogP contribution is -2.30. The van der Waals surface area contributed by atoms with Crippen molar-refractivity contribution < 1.29 is 4.74 Å². The van der Waals surface area contributed by atoms with E-state index in [1.807, 2.05) is 17.9 Å². The molecule has 4 rings (SSSR count). The summed E-state index contributed by atoms with van der Waals surface area (Å²) in [6.07, 6.45) is 6.89. The third-order valence-electron chi connectivity index (χ3n) is 4.31. The number of nitrogens with zero attached hydrogens (tertiary/aromatic N) is 4. The third kappa shape index (κ3) is 3.44. The Labute approximate surface area is 139 Å². The first-order valence-electron chi connectivity index (χ1n) is 7.96. The van der Waals surface area contributed by atoms with Crippen molar-refractivity contribution in [3.05, 3.63) is 53.0 Å². The van der Waals surface area contributed by atoms with Crippen LogP contribution < -0.4 is 0 Å². The van der Waals surface area contributed by atoms with E-state index in [2.05, 4.69) is 43.0 Å². The predicted molar refractivity (Wildman–Crippen MR) is 90.6 cm³/mol. The SMILES string of the molecule is c1cc2c(CC3COCCN(Cc4cscn4)C3)nccn2c1. The zero-order chi connectivity index (χ0) is 15.5. The number of hydrogen-bond acceptors (Lipinski definition) is 5. The lowest BCUT2D eigenvalue weighted by Gasteiger charge is -2.22. The maximum absolute atomic E-state index is 5.83. The highest BCUT2D eigenvalue weighted by atomic mass is 32.1. The van der Waals surface area contributed by atoms with Gasteiger partial charge < -0.3 is 9.14 Å². The van der Waals surface area contributed by atoms with E-state index in [-0.39, 0.29) is 0 Å². The summed E-state index contributed by atoms with van der Waals surface area (Å²) in [5.74, 6) is 0.463. The molecule has 5 nitrogen and oxygen atoms in total. The summed E-state index contributed by atoms with van der Waals surface area (Å²) < 4.78 is 7.96. The molecule has 0 radical (unpaired) electrons. The van der Waals surface area contributed by atoms with Crippen LogP contribution in [-0.2, 0) is 17.7 Å². The van der Waals surface area contributed by atoms with Crippen molar-refractivity contribution in [2.24, 2.45) is 5.92 Å². The van der Waals surface area contributed by atoms with E-state index in [0.717, 1.165) is 50.7 Å². The molecule has 23 heavy (non-hydrogen) atoms. The molecule has 1 aliphatic rings. The van der Waals surface area contributed by atoms with Gasteiger partial charge in [0.05, 0.1) is 35.6 Å². The van der Waals surface area contributed by atoms with Crippen LogP contribution in [0.5, 0.6) is 0 Å². The van der Waals surface area contributed by atoms with Crippen molar-refractivity contribution >= 4 is 16.9 Å². The van der Waals surface area contributed by atoms with Crippen LogP contribution in [0.3, 0.4) is 0 Å². The summed E-state index contributed by atoms with van der Waals surface area (Å²) in [6, 6.07) is 4.20. The minimum absolute atomic E-state index is 0.463. The maximum Gasteiger partial charge on any atom is 0.0795 e. The Morgan fingerprint density at radius 3 is 3.22 bits per heavy atom. The van der Waals surface area contributed by atoms with Crippen LogP contribution in [0.1, 0.15) is 11.4 Å². The summed E-state index contributed by atoms with van der Waals surface area (Å²) in [6.45, 7) is 4.50. The molecule has 1 unspecified atom stereocenters. The highest BCUT2D eigenvalue weighted by Gasteiger charge is 2.21. The molecule has 1 atom stereocenters. The quantitative estimate of drug-likeness (QED) is 0.738. The maximum atomic E-state index is 5.83. The summed E-state index contributed by atoms with van der Waals surface area (Å²) in [4.78, 5) is 11.5. The molecule has 1 fully saturated rings. The van der Waals surface area contributed by atoms with Gasteiger partial charge in [0.1, 0.15) is 0 Å². The van der Waals surface area contributed by atoms with E-state index in [9.17, 15) is 0 Å². The van der Waals surface area contributed by atoms with Gasteiger partial charge in [-0.2, -0.15) is 0 Å². The molecular weight excluding hydrogens is 308 g/mol. The highest BCUT2D eigenvalue weighted by molar-refractivity contribution is 7.07. The van der Waals surface area contributed by atoms with Crippen LogP contribution in [0.2, 0.25) is 0 Å². The lowest BCUT2D eigenvalue weighted by atomic mass is 10.0. The molecule has 0 spiro atoms. The summed E-state index contributed by atoms with van der Waals surface area (Å²) in [5.41, 5.74) is 5.41. The normalized spacial score (nSPS) is 19.9. The Morgan fingerprint density at radius 2 is 2.30 bits per heavy atom. The first kappa shape index (κ1) is 14.8. The number of fused-ring (bicyclic) bond motifs is 1. The van der Waals surface area contributed by atoms with Crippen molar-refractivity contribution in [3.63, 3.8) is 0 Å². The Balaban J connectivity index is 1.48. The number of hydrogen-bond donors (Lipinski definition) is 0. The van der Waals surface area contributed by atoms with Crippen molar-refractivity contribution in [3.8, 4) is 0 Å². The number of rotatable bonds is 4. The number of thiazole rings is 1. The van der Waals surface area contributed by atoms with E-state index in [1.165, 1.54) is 5.52 Å². The highest BCUT2D eigenvalue weighted by Crippen LogP contribution is 2.18. The van der Waals surface area contributed by atoms with E-state index in [0.29, 0.717) is 5.92 Å². The standard InChI is InChI=1S/C17H20N4OS/c1-2-17-16(18-3-5-21(17)4-1)8-14-9-20(6-7-22-11-14)10-15-12-23-13-19-15/h1-5,12-14H,6-11H2. The third-order valence-corrected chi connectivity index (χ3v) is 4.94. The minimum atomic E-state index is 0.463. The Morgan fingerprint density at radius 1 is 1.30 bits per heavy atom. The first-order chi connectivity index (χ1) is 11.4. The van der Waals surface area contributed by atoms with Gasteiger partial charge in [0.2, 0.25) is 0 Å². The van der Waals surface area contributed by atoms with Crippen LogP contribution in [-0.4, -0.2) is 45.6 Å². The Bertz CT molecular complexity index is 755. The largest absolute Gasteiger partial charge is 0.380 e. The Kier molecular flexibility index (Phi) is 4.37. The average Bonchev–Trinajstić information content (AvgIpc) is 3.18. The molecule has 0 aliphatic carbocycles. The molecule has 0 bridgehead atoms. The minimum Gasteiger partial charge on any atom is -0.380 e.